The summed E-state index contributed by atoms with van der Waals surface area (Å²) < 4.78 is 13.1. The molecule has 0 spiro atoms. The van der Waals surface area contributed by atoms with E-state index < -0.39 is 18.9 Å². The van der Waals surface area contributed by atoms with Gasteiger partial charge in [0.1, 0.15) is 8.07 Å². The number of aryl methyl sites for hydroxylation is 1. The molecule has 3 rings (SSSR count). The van der Waals surface area contributed by atoms with Gasteiger partial charge in [0.25, 0.3) is 0 Å². The maximum absolute atomic E-state index is 13.1. The molecule has 0 saturated carbocycles. The molecule has 0 heterocycles. The molecule has 3 aromatic carbocycles. The largest absolute Gasteiger partial charge is 0.254 e. The zero-order chi connectivity index (χ0) is 18.6. The molecule has 0 amide bonds. The van der Waals surface area contributed by atoms with Gasteiger partial charge in [0.15, 0.2) is 0 Å². The molecule has 26 heavy (non-hydrogen) atoms. The van der Waals surface area contributed by atoms with E-state index in [4.69, 9.17) is 0 Å². The Morgan fingerprint density at radius 1 is 0.808 bits per heavy atom. The van der Waals surface area contributed by atoms with Crippen LogP contribution in [0.15, 0.2) is 89.8 Å². The van der Waals surface area contributed by atoms with Gasteiger partial charge in [0.05, 0.1) is 10.8 Å². The lowest BCUT2D eigenvalue weighted by Gasteiger charge is -2.31. The summed E-state index contributed by atoms with van der Waals surface area (Å²) in [5.74, 6) is 0. The Morgan fingerprint density at radius 3 is 1.73 bits per heavy atom. The van der Waals surface area contributed by atoms with Crippen LogP contribution in [0, 0.1) is 6.92 Å². The molecule has 0 unspecified atom stereocenters. The minimum atomic E-state index is -1.96. The van der Waals surface area contributed by atoms with Gasteiger partial charge in [0, 0.05) is 10.1 Å². The number of benzene rings is 3. The third kappa shape index (κ3) is 4.05. The molecule has 2 atom stereocenters. The van der Waals surface area contributed by atoms with E-state index in [0.29, 0.717) is 0 Å². The van der Waals surface area contributed by atoms with Crippen LogP contribution in [0.3, 0.4) is 0 Å². The normalized spacial score (nSPS) is 14.0. The standard InChI is InChI=1S/C23H26OSSi/c1-19-14-16-21(17-15-19)25(24)20(2)18-26(3,22-10-6-4-7-11-22)23-12-8-5-9-13-23/h4-17,20H,18H2,1-3H3/t20-,25-/m1/s1. The minimum Gasteiger partial charge on any atom is -0.254 e. The fourth-order valence-electron chi connectivity index (χ4n) is 3.57. The molecule has 0 aromatic heterocycles. The van der Waals surface area contributed by atoms with Crippen LogP contribution >= 0.6 is 0 Å². The third-order valence-electron chi connectivity index (χ3n) is 5.14. The lowest BCUT2D eigenvalue weighted by Crippen LogP contribution is -2.57. The first-order chi connectivity index (χ1) is 12.5. The predicted molar refractivity (Wildman–Crippen MR) is 116 cm³/mol. The molecule has 0 radical (unpaired) electrons. The van der Waals surface area contributed by atoms with Crippen LogP contribution in [0.25, 0.3) is 0 Å². The van der Waals surface area contributed by atoms with Crippen LogP contribution < -0.4 is 10.4 Å². The molecule has 0 bridgehead atoms. The SMILES string of the molecule is Cc1ccc([S@](=O)[C@H](C)C[Si](C)(c2ccccc2)c2ccccc2)cc1. The molecule has 0 aliphatic heterocycles. The van der Waals surface area contributed by atoms with Crippen molar-refractivity contribution in [2.24, 2.45) is 0 Å². The molecule has 3 heteroatoms. The number of rotatable bonds is 6. The lowest BCUT2D eigenvalue weighted by atomic mass is 10.2. The summed E-state index contributed by atoms with van der Waals surface area (Å²) >= 11 is 0. The van der Waals surface area contributed by atoms with Crippen molar-refractivity contribution in [2.45, 2.75) is 36.6 Å². The minimum absolute atomic E-state index is 0.106. The van der Waals surface area contributed by atoms with Gasteiger partial charge < -0.3 is 0 Å². The Balaban J connectivity index is 1.93. The summed E-state index contributed by atoms with van der Waals surface area (Å²) in [5.41, 5.74) is 1.20. The number of hydrogen-bond donors (Lipinski definition) is 0. The van der Waals surface area contributed by atoms with E-state index in [9.17, 15) is 4.21 Å². The average Bonchev–Trinajstić information content (AvgIpc) is 2.69. The summed E-state index contributed by atoms with van der Waals surface area (Å²) in [6, 6.07) is 30.6. The monoisotopic (exact) mass is 378 g/mol. The second-order valence-electron chi connectivity index (χ2n) is 7.19. The van der Waals surface area contributed by atoms with E-state index in [1.807, 2.05) is 24.3 Å². The molecule has 134 valence electrons. The summed E-state index contributed by atoms with van der Waals surface area (Å²) in [4.78, 5) is 0.931. The van der Waals surface area contributed by atoms with Crippen LogP contribution in [0.1, 0.15) is 12.5 Å². The molecule has 3 aromatic rings. The fourth-order valence-corrected chi connectivity index (χ4v) is 9.85. The Morgan fingerprint density at radius 2 is 1.27 bits per heavy atom. The Hall–Kier alpha value is -1.97. The maximum Gasteiger partial charge on any atom is 0.116 e. The highest BCUT2D eigenvalue weighted by atomic mass is 32.2. The van der Waals surface area contributed by atoms with E-state index in [2.05, 4.69) is 81.1 Å². The van der Waals surface area contributed by atoms with Gasteiger partial charge in [-0.3, -0.25) is 4.21 Å². The summed E-state index contributed by atoms with van der Waals surface area (Å²) in [6.07, 6.45) is 0. The quantitative estimate of drug-likeness (QED) is 0.582. The van der Waals surface area contributed by atoms with Crippen LogP contribution in [-0.2, 0) is 10.8 Å². The second kappa shape index (κ2) is 8.15. The lowest BCUT2D eigenvalue weighted by molar-refractivity contribution is 0.676. The van der Waals surface area contributed by atoms with Crippen molar-refractivity contribution in [2.75, 3.05) is 0 Å². The molecule has 0 N–H and O–H groups in total. The average molecular weight is 379 g/mol. The zero-order valence-corrected chi connectivity index (χ0v) is 17.5. The van der Waals surface area contributed by atoms with Crippen LogP contribution in [0.2, 0.25) is 12.6 Å². The molecule has 0 aliphatic carbocycles. The maximum atomic E-state index is 13.1. The van der Waals surface area contributed by atoms with Crippen molar-refractivity contribution in [3.63, 3.8) is 0 Å². The van der Waals surface area contributed by atoms with Gasteiger partial charge in [-0.05, 0) is 25.1 Å². The molecule has 1 nitrogen and oxygen atoms in total. The molecule has 0 fully saturated rings. The molecule has 0 saturated heterocycles. The van der Waals surface area contributed by atoms with Gasteiger partial charge in [0.2, 0.25) is 0 Å². The first-order valence-corrected chi connectivity index (χ1v) is 13.0. The van der Waals surface area contributed by atoms with Gasteiger partial charge >= 0.3 is 0 Å². The van der Waals surface area contributed by atoms with E-state index in [1.165, 1.54) is 15.9 Å². The van der Waals surface area contributed by atoms with Crippen molar-refractivity contribution in [3.8, 4) is 0 Å². The van der Waals surface area contributed by atoms with Crippen molar-refractivity contribution < 1.29 is 4.21 Å². The highest BCUT2D eigenvalue weighted by molar-refractivity contribution is 7.85. The van der Waals surface area contributed by atoms with Gasteiger partial charge in [-0.25, -0.2) is 0 Å². The van der Waals surface area contributed by atoms with Crippen molar-refractivity contribution in [3.05, 3.63) is 90.5 Å². The van der Waals surface area contributed by atoms with Crippen molar-refractivity contribution in [1.29, 1.82) is 0 Å². The highest BCUT2D eigenvalue weighted by Crippen LogP contribution is 2.21. The Bertz CT molecular complexity index is 820. The smallest absolute Gasteiger partial charge is 0.116 e. The molecule has 0 aliphatic rings. The predicted octanol–water partition coefficient (Wildman–Crippen LogP) is 4.38. The van der Waals surface area contributed by atoms with Crippen LogP contribution in [0.5, 0.6) is 0 Å². The summed E-state index contributed by atoms with van der Waals surface area (Å²) in [7, 11) is -2.96. The first kappa shape index (κ1) is 18.8. The summed E-state index contributed by atoms with van der Waals surface area (Å²) in [6.45, 7) is 6.60. The van der Waals surface area contributed by atoms with Gasteiger partial charge in [-0.2, -0.15) is 0 Å². The van der Waals surface area contributed by atoms with E-state index in [1.54, 1.807) is 0 Å². The van der Waals surface area contributed by atoms with Crippen LogP contribution in [0.4, 0.5) is 0 Å². The highest BCUT2D eigenvalue weighted by Gasteiger charge is 2.35. The number of hydrogen-bond acceptors (Lipinski definition) is 1. The van der Waals surface area contributed by atoms with Crippen molar-refractivity contribution in [1.82, 2.24) is 0 Å². The van der Waals surface area contributed by atoms with Gasteiger partial charge in [-0.1, -0.05) is 102 Å². The van der Waals surface area contributed by atoms with Crippen LogP contribution in [-0.4, -0.2) is 17.5 Å². The van der Waals surface area contributed by atoms with Crippen molar-refractivity contribution >= 4 is 29.2 Å². The second-order valence-corrected chi connectivity index (χ2v) is 13.3. The van der Waals surface area contributed by atoms with Gasteiger partial charge in [-0.15, -0.1) is 0 Å². The Labute approximate surface area is 160 Å². The Kier molecular flexibility index (Phi) is 5.89. The van der Waals surface area contributed by atoms with E-state index in [0.717, 1.165) is 10.9 Å². The van der Waals surface area contributed by atoms with E-state index >= 15 is 0 Å². The third-order valence-corrected chi connectivity index (χ3v) is 11.7. The van der Waals surface area contributed by atoms with E-state index in [-0.39, 0.29) is 5.25 Å². The molecular formula is C23H26OSSi. The topological polar surface area (TPSA) is 17.1 Å². The molecular weight excluding hydrogens is 352 g/mol. The fraction of sp³-hybridized carbons (Fsp3) is 0.217. The zero-order valence-electron chi connectivity index (χ0n) is 15.7. The first-order valence-electron chi connectivity index (χ1n) is 9.09. The summed E-state index contributed by atoms with van der Waals surface area (Å²) in [5, 5.41) is 2.91.